The molecule has 0 aromatic heterocycles. The Labute approximate surface area is 68.8 Å². The first-order chi connectivity index (χ1) is 5.60. The average molecular weight is 175 g/mol. The van der Waals surface area contributed by atoms with Crippen LogP contribution in [0.15, 0.2) is 0 Å². The molecule has 1 rings (SSSR count). The van der Waals surface area contributed by atoms with E-state index in [9.17, 15) is 14.0 Å². The van der Waals surface area contributed by atoms with E-state index >= 15 is 0 Å². The van der Waals surface area contributed by atoms with Crippen molar-refractivity contribution >= 4 is 11.9 Å². The molecule has 4 nitrogen and oxygen atoms in total. The second-order valence-electron chi connectivity index (χ2n) is 2.98. The van der Waals surface area contributed by atoms with E-state index in [2.05, 4.69) is 5.32 Å². The maximum atomic E-state index is 12.0. The molecule has 0 bridgehead atoms. The second-order valence-corrected chi connectivity index (χ2v) is 2.98. The summed E-state index contributed by atoms with van der Waals surface area (Å²) in [5.74, 6) is -1.41. The number of carbonyl (C=O) groups is 2. The van der Waals surface area contributed by atoms with E-state index in [1.807, 2.05) is 0 Å². The number of halogens is 1. The van der Waals surface area contributed by atoms with Crippen LogP contribution in [-0.2, 0) is 9.59 Å². The maximum absolute atomic E-state index is 12.0. The molecule has 68 valence electrons. The molecule has 1 atom stereocenters. The maximum Gasteiger partial charge on any atom is 0.312 e. The lowest BCUT2D eigenvalue weighted by atomic mass is 9.84. The molecule has 0 aromatic rings. The van der Waals surface area contributed by atoms with Gasteiger partial charge in [0.2, 0.25) is 5.91 Å². The summed E-state index contributed by atoms with van der Waals surface area (Å²) < 4.78 is 12.0. The third kappa shape index (κ3) is 1.39. The van der Waals surface area contributed by atoms with Crippen LogP contribution in [0, 0.1) is 5.41 Å². The Morgan fingerprint density at radius 3 is 2.75 bits per heavy atom. The minimum atomic E-state index is -1.20. The van der Waals surface area contributed by atoms with Crippen molar-refractivity contribution in [3.8, 4) is 0 Å². The molecule has 1 fully saturated rings. The third-order valence-electron chi connectivity index (χ3n) is 2.15. The standard InChI is InChI=1S/C7H10FNO3/c8-2-1-7(6(11)12)3-5(10)9-4-7/h1-4H2,(H,9,10)(H,11,12). The van der Waals surface area contributed by atoms with Crippen LogP contribution in [0.1, 0.15) is 12.8 Å². The Morgan fingerprint density at radius 1 is 1.75 bits per heavy atom. The van der Waals surface area contributed by atoms with Crippen molar-refractivity contribution in [3.63, 3.8) is 0 Å². The number of rotatable bonds is 3. The van der Waals surface area contributed by atoms with Gasteiger partial charge >= 0.3 is 5.97 Å². The highest BCUT2D eigenvalue weighted by Gasteiger charge is 2.44. The van der Waals surface area contributed by atoms with Crippen LogP contribution in [0.5, 0.6) is 0 Å². The number of alkyl halides is 1. The van der Waals surface area contributed by atoms with Gasteiger partial charge in [-0.3, -0.25) is 14.0 Å². The predicted octanol–water partition coefficient (Wildman–Crippen LogP) is -0.0631. The van der Waals surface area contributed by atoms with Gasteiger partial charge in [0.15, 0.2) is 0 Å². The minimum absolute atomic E-state index is 0.0467. The topological polar surface area (TPSA) is 66.4 Å². The summed E-state index contributed by atoms with van der Waals surface area (Å²) in [6.45, 7) is -0.660. The van der Waals surface area contributed by atoms with Gasteiger partial charge in [-0.05, 0) is 6.42 Å². The number of carboxylic acid groups (broad SMARTS) is 1. The number of hydrogen-bond acceptors (Lipinski definition) is 2. The van der Waals surface area contributed by atoms with Gasteiger partial charge in [0.1, 0.15) is 0 Å². The van der Waals surface area contributed by atoms with Gasteiger partial charge in [0.25, 0.3) is 0 Å². The minimum Gasteiger partial charge on any atom is -0.481 e. The van der Waals surface area contributed by atoms with E-state index < -0.39 is 18.1 Å². The molecule has 1 amide bonds. The summed E-state index contributed by atoms with van der Waals surface area (Å²) in [5.41, 5.74) is -1.20. The zero-order valence-corrected chi connectivity index (χ0v) is 6.47. The summed E-state index contributed by atoms with van der Waals surface area (Å²) in [7, 11) is 0. The Bertz CT molecular complexity index is 219. The summed E-state index contributed by atoms with van der Waals surface area (Å²) in [6, 6.07) is 0. The molecule has 0 saturated carbocycles. The molecular weight excluding hydrogens is 165 g/mol. The molecule has 0 spiro atoms. The number of nitrogens with one attached hydrogen (secondary N) is 1. The SMILES string of the molecule is O=C1CC(CCF)(C(=O)O)CN1. The van der Waals surface area contributed by atoms with Crippen molar-refractivity contribution in [1.82, 2.24) is 5.32 Å². The first-order valence-corrected chi connectivity index (χ1v) is 3.67. The highest BCUT2D eigenvalue weighted by atomic mass is 19.1. The highest BCUT2D eigenvalue weighted by Crippen LogP contribution is 2.30. The van der Waals surface area contributed by atoms with Gasteiger partial charge in [0, 0.05) is 13.0 Å². The Kier molecular flexibility index (Phi) is 2.30. The van der Waals surface area contributed by atoms with E-state index in [1.165, 1.54) is 0 Å². The fraction of sp³-hybridized carbons (Fsp3) is 0.714. The molecule has 1 aliphatic rings. The highest BCUT2D eigenvalue weighted by molar-refractivity contribution is 5.88. The van der Waals surface area contributed by atoms with Crippen LogP contribution in [0.4, 0.5) is 4.39 Å². The molecule has 12 heavy (non-hydrogen) atoms. The summed E-state index contributed by atoms with van der Waals surface area (Å²) in [6.07, 6.45) is -0.201. The largest absolute Gasteiger partial charge is 0.481 e. The van der Waals surface area contributed by atoms with Crippen LogP contribution in [0.25, 0.3) is 0 Å². The van der Waals surface area contributed by atoms with Crippen LogP contribution in [0.3, 0.4) is 0 Å². The fourth-order valence-electron chi connectivity index (χ4n) is 1.32. The van der Waals surface area contributed by atoms with Gasteiger partial charge in [0.05, 0.1) is 12.1 Å². The van der Waals surface area contributed by atoms with Gasteiger partial charge < -0.3 is 10.4 Å². The normalized spacial score (nSPS) is 28.6. The van der Waals surface area contributed by atoms with Gasteiger partial charge in [-0.25, -0.2) is 0 Å². The zero-order chi connectivity index (χ0) is 9.19. The summed E-state index contributed by atoms with van der Waals surface area (Å²) in [4.78, 5) is 21.4. The molecule has 2 N–H and O–H groups in total. The number of amides is 1. The lowest BCUT2D eigenvalue weighted by molar-refractivity contribution is -0.149. The Hall–Kier alpha value is -1.13. The van der Waals surface area contributed by atoms with E-state index in [1.54, 1.807) is 0 Å². The zero-order valence-electron chi connectivity index (χ0n) is 6.47. The summed E-state index contributed by atoms with van der Waals surface area (Å²) >= 11 is 0. The Balaban J connectivity index is 2.74. The van der Waals surface area contributed by atoms with Gasteiger partial charge in [-0.1, -0.05) is 0 Å². The Morgan fingerprint density at radius 2 is 2.42 bits per heavy atom. The first-order valence-electron chi connectivity index (χ1n) is 3.67. The van der Waals surface area contributed by atoms with Gasteiger partial charge in [-0.15, -0.1) is 0 Å². The number of carboxylic acids is 1. The van der Waals surface area contributed by atoms with Crippen molar-refractivity contribution in [1.29, 1.82) is 0 Å². The van der Waals surface area contributed by atoms with Crippen LogP contribution in [0.2, 0.25) is 0 Å². The number of hydrogen-bond donors (Lipinski definition) is 2. The predicted molar refractivity (Wildman–Crippen MR) is 38.3 cm³/mol. The smallest absolute Gasteiger partial charge is 0.312 e. The van der Waals surface area contributed by atoms with E-state index in [-0.39, 0.29) is 25.3 Å². The van der Waals surface area contributed by atoms with Crippen LogP contribution < -0.4 is 5.32 Å². The number of carbonyl (C=O) groups excluding carboxylic acids is 1. The molecular formula is C7H10FNO3. The molecule has 5 heteroatoms. The molecule has 1 unspecified atom stereocenters. The van der Waals surface area contributed by atoms with Gasteiger partial charge in [-0.2, -0.15) is 0 Å². The van der Waals surface area contributed by atoms with Crippen LogP contribution in [-0.4, -0.2) is 30.2 Å². The van der Waals surface area contributed by atoms with Crippen molar-refractivity contribution in [2.45, 2.75) is 12.8 Å². The molecule has 0 aliphatic carbocycles. The van der Waals surface area contributed by atoms with Crippen molar-refractivity contribution < 1.29 is 19.1 Å². The van der Waals surface area contributed by atoms with Crippen molar-refractivity contribution in [2.75, 3.05) is 13.2 Å². The fourth-order valence-corrected chi connectivity index (χ4v) is 1.32. The lowest BCUT2D eigenvalue weighted by Crippen LogP contribution is -2.33. The monoisotopic (exact) mass is 175 g/mol. The van der Waals surface area contributed by atoms with Crippen molar-refractivity contribution in [2.24, 2.45) is 5.41 Å². The van der Waals surface area contributed by atoms with E-state index in [0.717, 1.165) is 0 Å². The molecule has 1 heterocycles. The van der Waals surface area contributed by atoms with Crippen LogP contribution >= 0.6 is 0 Å². The quantitative estimate of drug-likeness (QED) is 0.631. The third-order valence-corrected chi connectivity index (χ3v) is 2.15. The lowest BCUT2D eigenvalue weighted by Gasteiger charge is -2.19. The van der Waals surface area contributed by atoms with E-state index in [0.29, 0.717) is 0 Å². The molecule has 1 saturated heterocycles. The van der Waals surface area contributed by atoms with Crippen molar-refractivity contribution in [3.05, 3.63) is 0 Å². The average Bonchev–Trinajstić information content (AvgIpc) is 2.34. The van der Waals surface area contributed by atoms with E-state index in [4.69, 9.17) is 5.11 Å². The second kappa shape index (κ2) is 3.08. The first kappa shape index (κ1) is 8.96. The molecule has 1 aliphatic heterocycles. The molecule has 0 radical (unpaired) electrons. The summed E-state index contributed by atoms with van der Waals surface area (Å²) in [5, 5.41) is 11.1. The number of aliphatic carboxylic acids is 1. The molecule has 0 aromatic carbocycles.